The molecule has 1 N–H and O–H groups in total. The number of rotatable bonds is 7. The van der Waals surface area contributed by atoms with Crippen LogP contribution in [0.2, 0.25) is 0 Å². The predicted molar refractivity (Wildman–Crippen MR) is 112 cm³/mol. The molecule has 0 saturated carbocycles. The topological polar surface area (TPSA) is 85.2 Å². The number of nitrogens with zero attached hydrogens (tertiary/aromatic N) is 5. The fraction of sp³-hybridized carbons (Fsp3) is 0.364. The van der Waals surface area contributed by atoms with Gasteiger partial charge < -0.3 is 14.6 Å². The summed E-state index contributed by atoms with van der Waals surface area (Å²) in [5, 5.41) is 11.7. The SMILES string of the molecule is COc1ccc(C(=O)NCCc2nnc3n2CCN(Cc2cccnc2)CC3)cc1. The molecule has 0 atom stereocenters. The van der Waals surface area contributed by atoms with E-state index < -0.39 is 0 Å². The zero-order valence-electron chi connectivity index (χ0n) is 17.1. The second kappa shape index (κ2) is 9.49. The molecule has 30 heavy (non-hydrogen) atoms. The summed E-state index contributed by atoms with van der Waals surface area (Å²) < 4.78 is 7.32. The number of benzene rings is 1. The minimum absolute atomic E-state index is 0.101. The molecule has 8 nitrogen and oxygen atoms in total. The van der Waals surface area contributed by atoms with Gasteiger partial charge in [0.2, 0.25) is 0 Å². The molecule has 0 unspecified atom stereocenters. The number of fused-ring (bicyclic) bond motifs is 1. The van der Waals surface area contributed by atoms with Gasteiger partial charge in [0, 0.05) is 63.5 Å². The van der Waals surface area contributed by atoms with Crippen molar-refractivity contribution >= 4 is 5.91 Å². The van der Waals surface area contributed by atoms with Gasteiger partial charge in [-0.15, -0.1) is 10.2 Å². The molecule has 0 bridgehead atoms. The van der Waals surface area contributed by atoms with Gasteiger partial charge in [0.25, 0.3) is 5.91 Å². The highest BCUT2D eigenvalue weighted by atomic mass is 16.5. The minimum Gasteiger partial charge on any atom is -0.497 e. The van der Waals surface area contributed by atoms with Crippen LogP contribution in [-0.2, 0) is 25.9 Å². The Morgan fingerprint density at radius 1 is 1.13 bits per heavy atom. The maximum absolute atomic E-state index is 12.3. The highest BCUT2D eigenvalue weighted by molar-refractivity contribution is 5.94. The van der Waals surface area contributed by atoms with Gasteiger partial charge in [0.15, 0.2) is 0 Å². The highest BCUT2D eigenvalue weighted by Gasteiger charge is 2.19. The van der Waals surface area contributed by atoms with Gasteiger partial charge in [-0.2, -0.15) is 0 Å². The van der Waals surface area contributed by atoms with Crippen molar-refractivity contribution in [2.24, 2.45) is 0 Å². The van der Waals surface area contributed by atoms with Crippen LogP contribution in [0.4, 0.5) is 0 Å². The number of pyridine rings is 1. The summed E-state index contributed by atoms with van der Waals surface area (Å²) in [6, 6.07) is 11.2. The lowest BCUT2D eigenvalue weighted by Crippen LogP contribution is -2.28. The van der Waals surface area contributed by atoms with Gasteiger partial charge >= 0.3 is 0 Å². The Bertz CT molecular complexity index is 971. The molecule has 1 aromatic carbocycles. The molecule has 0 saturated heterocycles. The number of amides is 1. The first-order chi connectivity index (χ1) is 14.7. The number of aromatic nitrogens is 4. The van der Waals surface area contributed by atoms with Crippen LogP contribution in [0.3, 0.4) is 0 Å². The van der Waals surface area contributed by atoms with Crippen molar-refractivity contribution in [1.82, 2.24) is 30.0 Å². The molecule has 2 aromatic heterocycles. The van der Waals surface area contributed by atoms with Crippen LogP contribution < -0.4 is 10.1 Å². The number of nitrogens with one attached hydrogen (secondary N) is 1. The van der Waals surface area contributed by atoms with E-state index >= 15 is 0 Å². The Labute approximate surface area is 175 Å². The second-order valence-electron chi connectivity index (χ2n) is 7.31. The van der Waals surface area contributed by atoms with Gasteiger partial charge in [-0.25, -0.2) is 0 Å². The van der Waals surface area contributed by atoms with E-state index in [1.165, 1.54) is 5.56 Å². The van der Waals surface area contributed by atoms with Crippen LogP contribution in [0.15, 0.2) is 48.8 Å². The Hall–Kier alpha value is -3.26. The summed E-state index contributed by atoms with van der Waals surface area (Å²) in [7, 11) is 1.61. The van der Waals surface area contributed by atoms with Crippen LogP contribution in [-0.4, -0.2) is 57.3 Å². The first-order valence-corrected chi connectivity index (χ1v) is 10.2. The summed E-state index contributed by atoms with van der Waals surface area (Å²) in [5.41, 5.74) is 1.83. The standard InChI is InChI=1S/C22H26N6O2/c1-30-19-6-4-18(5-7-19)22(29)24-11-8-20-25-26-21-9-12-27(13-14-28(20)21)16-17-3-2-10-23-15-17/h2-7,10,15H,8-9,11-14,16H2,1H3,(H,24,29). The summed E-state index contributed by atoms with van der Waals surface area (Å²) >= 11 is 0. The Balaban J connectivity index is 1.30. The molecule has 1 aliphatic heterocycles. The molecule has 0 aliphatic carbocycles. The monoisotopic (exact) mass is 406 g/mol. The van der Waals surface area contributed by atoms with E-state index in [4.69, 9.17) is 4.74 Å². The maximum Gasteiger partial charge on any atom is 0.251 e. The number of ether oxygens (including phenoxy) is 1. The third-order valence-corrected chi connectivity index (χ3v) is 5.31. The molecule has 0 radical (unpaired) electrons. The number of methoxy groups -OCH3 is 1. The predicted octanol–water partition coefficient (Wildman–Crippen LogP) is 1.71. The van der Waals surface area contributed by atoms with E-state index in [1.807, 2.05) is 12.3 Å². The van der Waals surface area contributed by atoms with E-state index in [-0.39, 0.29) is 5.91 Å². The van der Waals surface area contributed by atoms with Gasteiger partial charge in [0.1, 0.15) is 17.4 Å². The Morgan fingerprint density at radius 3 is 2.77 bits per heavy atom. The second-order valence-corrected chi connectivity index (χ2v) is 7.31. The lowest BCUT2D eigenvalue weighted by Gasteiger charge is -2.19. The lowest BCUT2D eigenvalue weighted by molar-refractivity contribution is 0.0954. The Morgan fingerprint density at radius 2 is 2.00 bits per heavy atom. The van der Waals surface area contributed by atoms with Gasteiger partial charge in [-0.1, -0.05) is 6.07 Å². The molecular formula is C22H26N6O2. The third-order valence-electron chi connectivity index (χ3n) is 5.31. The van der Waals surface area contributed by atoms with E-state index in [1.54, 1.807) is 37.6 Å². The molecule has 156 valence electrons. The average Bonchev–Trinajstić information content (AvgIpc) is 3.06. The molecule has 8 heteroatoms. The molecule has 1 amide bonds. The van der Waals surface area contributed by atoms with E-state index in [2.05, 4.69) is 36.0 Å². The molecule has 1 aliphatic rings. The molecule has 3 heterocycles. The fourth-order valence-corrected chi connectivity index (χ4v) is 3.65. The van der Waals surface area contributed by atoms with Crippen molar-refractivity contribution in [1.29, 1.82) is 0 Å². The summed E-state index contributed by atoms with van der Waals surface area (Å²) in [4.78, 5) is 18.9. The third kappa shape index (κ3) is 4.83. The van der Waals surface area contributed by atoms with Crippen molar-refractivity contribution in [3.8, 4) is 5.75 Å². The van der Waals surface area contributed by atoms with Crippen LogP contribution in [0.1, 0.15) is 27.6 Å². The van der Waals surface area contributed by atoms with E-state index in [0.29, 0.717) is 18.5 Å². The molecule has 3 aromatic rings. The fourth-order valence-electron chi connectivity index (χ4n) is 3.65. The first kappa shape index (κ1) is 20.0. The number of carbonyl (C=O) groups is 1. The van der Waals surface area contributed by atoms with Crippen LogP contribution in [0, 0.1) is 0 Å². The number of hydrogen-bond donors (Lipinski definition) is 1. The summed E-state index contributed by atoms with van der Waals surface area (Å²) in [6.45, 7) is 4.14. The van der Waals surface area contributed by atoms with E-state index in [0.717, 1.165) is 50.0 Å². The normalized spacial score (nSPS) is 14.0. The molecule has 0 fully saturated rings. The molecule has 4 rings (SSSR count). The van der Waals surface area contributed by atoms with Crippen molar-refractivity contribution in [3.63, 3.8) is 0 Å². The minimum atomic E-state index is -0.101. The van der Waals surface area contributed by atoms with Crippen molar-refractivity contribution < 1.29 is 9.53 Å². The largest absolute Gasteiger partial charge is 0.497 e. The maximum atomic E-state index is 12.3. The number of carbonyl (C=O) groups excluding carboxylic acids is 1. The number of hydrogen-bond acceptors (Lipinski definition) is 6. The highest BCUT2D eigenvalue weighted by Crippen LogP contribution is 2.13. The van der Waals surface area contributed by atoms with Gasteiger partial charge in [-0.3, -0.25) is 14.7 Å². The van der Waals surface area contributed by atoms with E-state index in [9.17, 15) is 4.79 Å². The van der Waals surface area contributed by atoms with Crippen LogP contribution in [0.25, 0.3) is 0 Å². The van der Waals surface area contributed by atoms with Crippen molar-refractivity contribution in [2.75, 3.05) is 26.7 Å². The smallest absolute Gasteiger partial charge is 0.251 e. The summed E-state index contributed by atoms with van der Waals surface area (Å²) in [6.07, 6.45) is 5.23. The first-order valence-electron chi connectivity index (χ1n) is 10.2. The van der Waals surface area contributed by atoms with Crippen LogP contribution >= 0.6 is 0 Å². The van der Waals surface area contributed by atoms with Gasteiger partial charge in [-0.05, 0) is 35.9 Å². The quantitative estimate of drug-likeness (QED) is 0.643. The molecule has 0 spiro atoms. The zero-order valence-corrected chi connectivity index (χ0v) is 17.1. The zero-order chi connectivity index (χ0) is 20.8. The van der Waals surface area contributed by atoms with Crippen LogP contribution in [0.5, 0.6) is 5.75 Å². The van der Waals surface area contributed by atoms with Gasteiger partial charge in [0.05, 0.1) is 7.11 Å². The molecular weight excluding hydrogens is 380 g/mol. The van der Waals surface area contributed by atoms with Crippen molar-refractivity contribution in [2.45, 2.75) is 25.9 Å². The average molecular weight is 406 g/mol. The Kier molecular flexibility index (Phi) is 6.34. The lowest BCUT2D eigenvalue weighted by atomic mass is 10.2. The summed E-state index contributed by atoms with van der Waals surface area (Å²) in [5.74, 6) is 2.56. The van der Waals surface area contributed by atoms with Crippen molar-refractivity contribution in [3.05, 3.63) is 71.6 Å².